The Morgan fingerprint density at radius 2 is 2.24 bits per heavy atom. The van der Waals surface area contributed by atoms with Crippen LogP contribution >= 0.6 is 0 Å². The van der Waals surface area contributed by atoms with Crippen LogP contribution in [0.15, 0.2) is 36.5 Å². The molecule has 2 aromatic heterocycles. The maximum atomic E-state index is 12.2. The molecule has 0 saturated heterocycles. The quantitative estimate of drug-likeness (QED) is 0.746. The fourth-order valence-corrected chi connectivity index (χ4v) is 2.05. The minimum absolute atomic E-state index is 0.288. The molecular formula is C14H15N5O2. The van der Waals surface area contributed by atoms with E-state index in [0.717, 1.165) is 10.9 Å². The number of carbonyl (C=O) groups is 1. The minimum Gasteiger partial charge on any atom is -0.383 e. The SMILES string of the molecule is COCCn1ccc(NC(=O)c2n[nH]c3ccccc23)n1. The van der Waals surface area contributed by atoms with E-state index in [1.54, 1.807) is 24.1 Å². The van der Waals surface area contributed by atoms with Gasteiger partial charge in [0.2, 0.25) is 0 Å². The first kappa shape index (κ1) is 13.3. The molecule has 1 amide bonds. The maximum absolute atomic E-state index is 12.2. The number of fused-ring (bicyclic) bond motifs is 1. The standard InChI is InChI=1S/C14H15N5O2/c1-21-9-8-19-7-6-12(18-19)15-14(20)13-10-4-2-3-5-11(10)16-17-13/h2-7H,8-9H2,1H3,(H,16,17)(H,15,18,20). The van der Waals surface area contributed by atoms with E-state index >= 15 is 0 Å². The molecule has 108 valence electrons. The Bertz CT molecular complexity index is 761. The normalized spacial score (nSPS) is 10.9. The molecule has 1 aromatic carbocycles. The summed E-state index contributed by atoms with van der Waals surface area (Å²) in [4.78, 5) is 12.2. The number of nitrogens with zero attached hydrogens (tertiary/aromatic N) is 3. The van der Waals surface area contributed by atoms with Gasteiger partial charge in [-0.15, -0.1) is 0 Å². The lowest BCUT2D eigenvalue weighted by Gasteiger charge is -2.01. The number of para-hydroxylation sites is 1. The molecular weight excluding hydrogens is 270 g/mol. The Balaban J connectivity index is 1.75. The number of aromatic amines is 1. The van der Waals surface area contributed by atoms with E-state index in [-0.39, 0.29) is 5.91 Å². The third-order valence-electron chi connectivity index (χ3n) is 3.09. The Labute approximate surface area is 120 Å². The molecule has 2 heterocycles. The number of rotatable bonds is 5. The third-order valence-corrected chi connectivity index (χ3v) is 3.09. The summed E-state index contributed by atoms with van der Waals surface area (Å²) in [6.45, 7) is 1.21. The van der Waals surface area contributed by atoms with Crippen molar-refractivity contribution in [3.8, 4) is 0 Å². The van der Waals surface area contributed by atoms with Crippen molar-refractivity contribution < 1.29 is 9.53 Å². The van der Waals surface area contributed by atoms with Crippen LogP contribution in [-0.4, -0.2) is 39.6 Å². The van der Waals surface area contributed by atoms with Gasteiger partial charge in [0.15, 0.2) is 11.5 Å². The first-order chi connectivity index (χ1) is 10.3. The molecule has 0 aliphatic heterocycles. The van der Waals surface area contributed by atoms with Crippen molar-refractivity contribution in [3.63, 3.8) is 0 Å². The number of nitrogens with one attached hydrogen (secondary N) is 2. The number of methoxy groups -OCH3 is 1. The highest BCUT2D eigenvalue weighted by atomic mass is 16.5. The van der Waals surface area contributed by atoms with Crippen LogP contribution in [0, 0.1) is 0 Å². The van der Waals surface area contributed by atoms with Crippen LogP contribution < -0.4 is 5.32 Å². The number of carbonyl (C=O) groups excluding carboxylic acids is 1. The van der Waals surface area contributed by atoms with Gasteiger partial charge in [-0.3, -0.25) is 14.6 Å². The second-order valence-electron chi connectivity index (χ2n) is 4.53. The topological polar surface area (TPSA) is 84.8 Å². The number of hydrogen-bond donors (Lipinski definition) is 2. The molecule has 21 heavy (non-hydrogen) atoms. The lowest BCUT2D eigenvalue weighted by molar-refractivity contribution is 0.102. The van der Waals surface area contributed by atoms with Gasteiger partial charge in [0, 0.05) is 24.8 Å². The molecule has 0 radical (unpaired) electrons. The summed E-state index contributed by atoms with van der Waals surface area (Å²) in [5, 5.41) is 14.7. The molecule has 3 aromatic rings. The zero-order valence-electron chi connectivity index (χ0n) is 11.5. The van der Waals surface area contributed by atoms with E-state index in [9.17, 15) is 4.79 Å². The summed E-state index contributed by atoms with van der Waals surface area (Å²) in [6, 6.07) is 9.22. The number of hydrogen-bond acceptors (Lipinski definition) is 4. The van der Waals surface area contributed by atoms with Gasteiger partial charge in [-0.05, 0) is 6.07 Å². The monoisotopic (exact) mass is 285 g/mol. The fraction of sp³-hybridized carbons (Fsp3) is 0.214. The van der Waals surface area contributed by atoms with Crippen molar-refractivity contribution in [1.82, 2.24) is 20.0 Å². The Morgan fingerprint density at radius 3 is 3.10 bits per heavy atom. The molecule has 3 rings (SSSR count). The number of amides is 1. The van der Waals surface area contributed by atoms with Gasteiger partial charge in [0.05, 0.1) is 18.7 Å². The third kappa shape index (κ3) is 2.77. The molecule has 0 unspecified atom stereocenters. The van der Waals surface area contributed by atoms with Gasteiger partial charge in [0.25, 0.3) is 5.91 Å². The van der Waals surface area contributed by atoms with Crippen LogP contribution in [0.1, 0.15) is 10.5 Å². The van der Waals surface area contributed by atoms with Crippen LogP contribution in [0.25, 0.3) is 10.9 Å². The number of aromatic nitrogens is 4. The van der Waals surface area contributed by atoms with Crippen LogP contribution in [-0.2, 0) is 11.3 Å². The Hall–Kier alpha value is -2.67. The van der Waals surface area contributed by atoms with E-state index in [1.807, 2.05) is 24.3 Å². The summed E-state index contributed by atoms with van der Waals surface area (Å²) in [5.41, 5.74) is 1.19. The molecule has 0 bridgehead atoms. The van der Waals surface area contributed by atoms with Crippen LogP contribution in [0.4, 0.5) is 5.82 Å². The number of H-pyrrole nitrogens is 1. The number of ether oxygens (including phenoxy) is 1. The average molecular weight is 285 g/mol. The molecule has 7 nitrogen and oxygen atoms in total. The lowest BCUT2D eigenvalue weighted by atomic mass is 10.2. The van der Waals surface area contributed by atoms with Gasteiger partial charge in [-0.25, -0.2) is 0 Å². The second kappa shape index (κ2) is 5.76. The first-order valence-corrected chi connectivity index (χ1v) is 6.55. The van der Waals surface area contributed by atoms with Gasteiger partial charge in [-0.1, -0.05) is 18.2 Å². The largest absolute Gasteiger partial charge is 0.383 e. The highest BCUT2D eigenvalue weighted by molar-refractivity contribution is 6.10. The average Bonchev–Trinajstić information content (AvgIpc) is 3.11. The predicted octanol–water partition coefficient (Wildman–Crippen LogP) is 1.66. The summed E-state index contributed by atoms with van der Waals surface area (Å²) >= 11 is 0. The molecule has 0 aliphatic carbocycles. The molecule has 0 atom stereocenters. The fourth-order valence-electron chi connectivity index (χ4n) is 2.05. The highest BCUT2D eigenvalue weighted by Gasteiger charge is 2.14. The molecule has 2 N–H and O–H groups in total. The van der Waals surface area contributed by atoms with Crippen LogP contribution in [0.5, 0.6) is 0 Å². The van der Waals surface area contributed by atoms with Crippen molar-refractivity contribution >= 4 is 22.6 Å². The molecule has 7 heteroatoms. The lowest BCUT2D eigenvalue weighted by Crippen LogP contribution is -2.14. The van der Waals surface area contributed by atoms with Crippen molar-refractivity contribution in [2.24, 2.45) is 0 Å². The van der Waals surface area contributed by atoms with Crippen molar-refractivity contribution in [3.05, 3.63) is 42.2 Å². The van der Waals surface area contributed by atoms with Gasteiger partial charge < -0.3 is 10.1 Å². The van der Waals surface area contributed by atoms with Crippen molar-refractivity contribution in [2.45, 2.75) is 6.54 Å². The predicted molar refractivity (Wildman–Crippen MR) is 78.1 cm³/mol. The summed E-state index contributed by atoms with van der Waals surface area (Å²) < 4.78 is 6.69. The van der Waals surface area contributed by atoms with Crippen LogP contribution in [0.3, 0.4) is 0 Å². The zero-order valence-corrected chi connectivity index (χ0v) is 11.5. The van der Waals surface area contributed by atoms with E-state index < -0.39 is 0 Å². The molecule has 0 spiro atoms. The summed E-state index contributed by atoms with van der Waals surface area (Å²) in [5.74, 6) is 0.202. The van der Waals surface area contributed by atoms with Gasteiger partial charge >= 0.3 is 0 Å². The Morgan fingerprint density at radius 1 is 1.38 bits per heavy atom. The maximum Gasteiger partial charge on any atom is 0.277 e. The number of anilines is 1. The minimum atomic E-state index is -0.288. The highest BCUT2D eigenvalue weighted by Crippen LogP contribution is 2.16. The van der Waals surface area contributed by atoms with E-state index in [0.29, 0.717) is 24.7 Å². The van der Waals surface area contributed by atoms with E-state index in [2.05, 4.69) is 20.6 Å². The van der Waals surface area contributed by atoms with Gasteiger partial charge in [0.1, 0.15) is 0 Å². The van der Waals surface area contributed by atoms with Crippen molar-refractivity contribution in [1.29, 1.82) is 0 Å². The molecule has 0 saturated carbocycles. The molecule has 0 aliphatic rings. The summed E-state index contributed by atoms with van der Waals surface area (Å²) in [7, 11) is 1.63. The summed E-state index contributed by atoms with van der Waals surface area (Å²) in [6.07, 6.45) is 1.79. The van der Waals surface area contributed by atoms with E-state index in [4.69, 9.17) is 4.74 Å². The zero-order chi connectivity index (χ0) is 14.7. The Kier molecular flexibility index (Phi) is 3.65. The van der Waals surface area contributed by atoms with E-state index in [1.165, 1.54) is 0 Å². The second-order valence-corrected chi connectivity index (χ2v) is 4.53. The van der Waals surface area contributed by atoms with Crippen LogP contribution in [0.2, 0.25) is 0 Å². The number of benzene rings is 1. The first-order valence-electron chi connectivity index (χ1n) is 6.55. The van der Waals surface area contributed by atoms with Gasteiger partial charge in [-0.2, -0.15) is 10.2 Å². The van der Waals surface area contributed by atoms with Crippen molar-refractivity contribution in [2.75, 3.05) is 19.0 Å². The molecule has 0 fully saturated rings. The smallest absolute Gasteiger partial charge is 0.277 e.